The van der Waals surface area contributed by atoms with Crippen molar-refractivity contribution in [1.29, 1.82) is 0 Å². The summed E-state index contributed by atoms with van der Waals surface area (Å²) < 4.78 is 0.169. The molecule has 0 unspecified atom stereocenters. The van der Waals surface area contributed by atoms with Crippen molar-refractivity contribution in [2.45, 2.75) is 25.1 Å². The van der Waals surface area contributed by atoms with Gasteiger partial charge in [0, 0.05) is 18.3 Å². The summed E-state index contributed by atoms with van der Waals surface area (Å²) in [6, 6.07) is 10.2. The first kappa shape index (κ1) is 20.8. The van der Waals surface area contributed by atoms with Crippen LogP contribution in [0, 0.1) is 0 Å². The quantitative estimate of drug-likeness (QED) is 0.352. The normalized spacial score (nSPS) is 11.8. The molecule has 0 saturated heterocycles. The van der Waals surface area contributed by atoms with Gasteiger partial charge in [-0.15, -0.1) is 24.0 Å². The van der Waals surface area contributed by atoms with Crippen LogP contribution >= 0.6 is 35.7 Å². The van der Waals surface area contributed by atoms with Crippen molar-refractivity contribution in [3.63, 3.8) is 0 Å². The minimum absolute atomic E-state index is 0. The second-order valence-corrected chi connectivity index (χ2v) is 7.37. The summed E-state index contributed by atoms with van der Waals surface area (Å²) in [5.41, 5.74) is 2.16. The molecule has 3 N–H and O–H groups in total. The van der Waals surface area contributed by atoms with Crippen molar-refractivity contribution in [1.82, 2.24) is 20.6 Å². The highest BCUT2D eigenvalue weighted by atomic mass is 127. The molecule has 0 radical (unpaired) electrons. The Morgan fingerprint density at radius 2 is 1.96 bits per heavy atom. The summed E-state index contributed by atoms with van der Waals surface area (Å²) in [6.07, 6.45) is 3.98. The number of rotatable bonds is 6. The number of H-pyrrole nitrogens is 1. The first-order valence-corrected chi connectivity index (χ1v) is 8.85. The molecular formula is C17H26IN5S. The summed E-state index contributed by atoms with van der Waals surface area (Å²) in [6.45, 7) is 5.86. The van der Waals surface area contributed by atoms with Crippen LogP contribution in [0.2, 0.25) is 0 Å². The van der Waals surface area contributed by atoms with Gasteiger partial charge in [-0.1, -0.05) is 30.3 Å². The molecule has 2 rings (SSSR count). The van der Waals surface area contributed by atoms with Gasteiger partial charge in [0.25, 0.3) is 0 Å². The zero-order valence-electron chi connectivity index (χ0n) is 14.6. The predicted octanol–water partition coefficient (Wildman–Crippen LogP) is 3.50. The number of nitrogens with zero attached hydrogens (tertiary/aromatic N) is 2. The van der Waals surface area contributed by atoms with E-state index in [9.17, 15) is 0 Å². The molecule has 1 heterocycles. The highest BCUT2D eigenvalue weighted by molar-refractivity contribution is 14.0. The molecule has 2 aromatic rings. The highest BCUT2D eigenvalue weighted by Crippen LogP contribution is 2.19. The Kier molecular flexibility index (Phi) is 8.61. The minimum atomic E-state index is 0. The predicted molar refractivity (Wildman–Crippen MR) is 115 cm³/mol. The molecule has 0 amide bonds. The number of hydrogen-bond donors (Lipinski definition) is 3. The Hall–Kier alpha value is -1.22. The number of halogens is 1. The molecule has 0 atom stereocenters. The van der Waals surface area contributed by atoms with Gasteiger partial charge in [-0.2, -0.15) is 11.8 Å². The number of benzene rings is 1. The fourth-order valence-electron chi connectivity index (χ4n) is 1.97. The second-order valence-electron chi connectivity index (χ2n) is 5.85. The van der Waals surface area contributed by atoms with Crippen LogP contribution in [0.15, 0.2) is 41.5 Å². The van der Waals surface area contributed by atoms with E-state index in [1.807, 2.05) is 36.2 Å². The topological polar surface area (TPSA) is 65.1 Å². The van der Waals surface area contributed by atoms with E-state index in [2.05, 4.69) is 57.8 Å². The van der Waals surface area contributed by atoms with Crippen LogP contribution in [-0.4, -0.2) is 40.5 Å². The summed E-state index contributed by atoms with van der Waals surface area (Å²) in [5, 5.41) is 6.63. The van der Waals surface area contributed by atoms with Gasteiger partial charge in [-0.3, -0.25) is 4.99 Å². The smallest absolute Gasteiger partial charge is 0.191 e. The third-order valence-corrected chi connectivity index (χ3v) is 4.84. The number of aromatic amines is 1. The fraction of sp³-hybridized carbons (Fsp3) is 0.412. The first-order valence-electron chi connectivity index (χ1n) is 7.63. The van der Waals surface area contributed by atoms with Crippen molar-refractivity contribution in [3.8, 4) is 11.3 Å². The third-order valence-electron chi connectivity index (χ3n) is 3.59. The molecule has 0 fully saturated rings. The molecule has 132 valence electrons. The van der Waals surface area contributed by atoms with E-state index in [4.69, 9.17) is 0 Å². The number of imidazole rings is 1. The molecule has 1 aromatic heterocycles. The first-order chi connectivity index (χ1) is 11.0. The van der Waals surface area contributed by atoms with E-state index in [-0.39, 0.29) is 28.7 Å². The van der Waals surface area contributed by atoms with Gasteiger partial charge in [0.15, 0.2) is 5.96 Å². The number of aromatic nitrogens is 2. The van der Waals surface area contributed by atoms with Crippen LogP contribution < -0.4 is 10.6 Å². The Bertz CT molecular complexity index is 639. The SMILES string of the molecule is CN=C(NCc1ncc(-c2ccccc2)[nH]1)NCC(C)(C)SC.I. The molecule has 0 aliphatic heterocycles. The Balaban J connectivity index is 0.00000288. The molecular weight excluding hydrogens is 433 g/mol. The van der Waals surface area contributed by atoms with Gasteiger partial charge in [-0.25, -0.2) is 4.98 Å². The monoisotopic (exact) mass is 459 g/mol. The van der Waals surface area contributed by atoms with Crippen molar-refractivity contribution in [2.24, 2.45) is 4.99 Å². The van der Waals surface area contributed by atoms with Gasteiger partial charge in [0.2, 0.25) is 0 Å². The van der Waals surface area contributed by atoms with Crippen LogP contribution in [0.1, 0.15) is 19.7 Å². The zero-order valence-corrected chi connectivity index (χ0v) is 17.7. The Morgan fingerprint density at radius 3 is 2.58 bits per heavy atom. The molecule has 24 heavy (non-hydrogen) atoms. The van der Waals surface area contributed by atoms with Gasteiger partial charge >= 0.3 is 0 Å². The minimum Gasteiger partial charge on any atom is -0.355 e. The largest absolute Gasteiger partial charge is 0.355 e. The van der Waals surface area contributed by atoms with Gasteiger partial charge in [0.05, 0.1) is 18.4 Å². The summed E-state index contributed by atoms with van der Waals surface area (Å²) in [5.74, 6) is 1.67. The second kappa shape index (κ2) is 9.93. The van der Waals surface area contributed by atoms with Crippen molar-refractivity contribution in [2.75, 3.05) is 19.8 Å². The van der Waals surface area contributed by atoms with Crippen molar-refractivity contribution < 1.29 is 0 Å². The van der Waals surface area contributed by atoms with Crippen LogP contribution in [0.25, 0.3) is 11.3 Å². The maximum atomic E-state index is 4.42. The number of hydrogen-bond acceptors (Lipinski definition) is 3. The van der Waals surface area contributed by atoms with E-state index in [1.54, 1.807) is 7.05 Å². The van der Waals surface area contributed by atoms with Gasteiger partial charge in [-0.05, 0) is 25.7 Å². The van der Waals surface area contributed by atoms with Gasteiger partial charge in [0.1, 0.15) is 5.82 Å². The van der Waals surface area contributed by atoms with Crippen LogP contribution in [-0.2, 0) is 6.54 Å². The number of nitrogens with one attached hydrogen (secondary N) is 3. The lowest BCUT2D eigenvalue weighted by atomic mass is 10.2. The van der Waals surface area contributed by atoms with Crippen molar-refractivity contribution >= 4 is 41.7 Å². The number of thioether (sulfide) groups is 1. The molecule has 0 spiro atoms. The average Bonchev–Trinajstić information content (AvgIpc) is 3.05. The number of aliphatic imine (C=N–C) groups is 1. The fourth-order valence-corrected chi connectivity index (χ4v) is 2.19. The summed E-state index contributed by atoms with van der Waals surface area (Å²) in [4.78, 5) is 12.0. The lowest BCUT2D eigenvalue weighted by Crippen LogP contribution is -2.43. The standard InChI is InChI=1S/C17H25N5S.HI/c1-17(2,23-4)12-21-16(18-3)20-11-15-19-10-14(22-15)13-8-6-5-7-9-13;/h5-10H,11-12H2,1-4H3,(H,19,22)(H2,18,20,21);1H. The van der Waals surface area contributed by atoms with Gasteiger partial charge < -0.3 is 15.6 Å². The highest BCUT2D eigenvalue weighted by Gasteiger charge is 2.16. The van der Waals surface area contributed by atoms with E-state index in [0.29, 0.717) is 6.54 Å². The van der Waals surface area contributed by atoms with Crippen LogP contribution in [0.4, 0.5) is 0 Å². The lowest BCUT2D eigenvalue weighted by Gasteiger charge is -2.23. The molecule has 0 bridgehead atoms. The van der Waals surface area contributed by atoms with E-state index in [0.717, 1.165) is 29.6 Å². The maximum Gasteiger partial charge on any atom is 0.191 e. The van der Waals surface area contributed by atoms with E-state index >= 15 is 0 Å². The molecule has 5 nitrogen and oxygen atoms in total. The van der Waals surface area contributed by atoms with E-state index in [1.165, 1.54) is 0 Å². The molecule has 1 aromatic carbocycles. The maximum absolute atomic E-state index is 4.42. The number of guanidine groups is 1. The zero-order chi connectivity index (χ0) is 16.7. The molecule has 0 saturated carbocycles. The molecule has 7 heteroatoms. The average molecular weight is 459 g/mol. The third kappa shape index (κ3) is 6.35. The summed E-state index contributed by atoms with van der Waals surface area (Å²) >= 11 is 1.83. The van der Waals surface area contributed by atoms with Crippen LogP contribution in [0.3, 0.4) is 0 Å². The molecule has 0 aliphatic rings. The Morgan fingerprint density at radius 1 is 1.25 bits per heavy atom. The summed E-state index contributed by atoms with van der Waals surface area (Å²) in [7, 11) is 1.78. The van der Waals surface area contributed by atoms with E-state index < -0.39 is 0 Å². The van der Waals surface area contributed by atoms with Crippen LogP contribution in [0.5, 0.6) is 0 Å². The van der Waals surface area contributed by atoms with Crippen molar-refractivity contribution in [3.05, 3.63) is 42.4 Å². The Labute approximate surface area is 165 Å². The molecule has 0 aliphatic carbocycles. The lowest BCUT2D eigenvalue weighted by molar-refractivity contribution is 0.662.